The van der Waals surface area contributed by atoms with Crippen molar-refractivity contribution in [3.05, 3.63) is 35.9 Å². The first-order valence-electron chi connectivity index (χ1n) is 7.28. The summed E-state index contributed by atoms with van der Waals surface area (Å²) < 4.78 is 5.79. The quantitative estimate of drug-likeness (QED) is 0.645. The maximum Gasteiger partial charge on any atom is 0.407 e. The van der Waals surface area contributed by atoms with E-state index in [0.29, 0.717) is 16.3 Å². The Bertz CT molecular complexity index is 1020. The number of methoxy groups -OCH3 is 1. The number of anilines is 1. The molecule has 2 heterocycles. The molecule has 0 aliphatic carbocycles. The molecule has 3 rings (SSSR count). The smallest absolute Gasteiger partial charge is 0.407 e. The van der Waals surface area contributed by atoms with E-state index >= 15 is 0 Å². The number of aromatic nitrogens is 2. The van der Waals surface area contributed by atoms with Gasteiger partial charge in [-0.1, -0.05) is 18.2 Å². The van der Waals surface area contributed by atoms with Crippen LogP contribution >= 0.6 is 0 Å². The molecule has 9 nitrogen and oxygen atoms in total. The van der Waals surface area contributed by atoms with Crippen LogP contribution in [0.2, 0.25) is 0 Å². The number of amides is 2. The van der Waals surface area contributed by atoms with E-state index in [4.69, 9.17) is 11.5 Å². The van der Waals surface area contributed by atoms with Gasteiger partial charge in [0, 0.05) is 10.8 Å². The topological polar surface area (TPSA) is 142 Å². The molecule has 9 heteroatoms. The number of nitrogens with two attached hydrogens (primary N) is 2. The molecule has 0 aliphatic heterocycles. The van der Waals surface area contributed by atoms with E-state index < -0.39 is 17.9 Å². The van der Waals surface area contributed by atoms with E-state index in [2.05, 4.69) is 15.0 Å². The summed E-state index contributed by atoms with van der Waals surface area (Å²) in [6.07, 6.45) is -0.724. The summed E-state index contributed by atoms with van der Waals surface area (Å²) in [5.74, 6) is -1.21. The standard InChI is InChI=1S/C16H15N5O4/c1-25-16(24)19-7-12(22)21-11-5-3-2-4-8(11)9-6-10(14(18)23)13(17)20-15(9)21/h2-6H,7H2,1H3,(H2,17,20)(H2,18,23)(H,19,24). The van der Waals surface area contributed by atoms with Gasteiger partial charge in [0.1, 0.15) is 18.0 Å². The highest BCUT2D eigenvalue weighted by atomic mass is 16.5. The lowest BCUT2D eigenvalue weighted by Crippen LogP contribution is -2.32. The van der Waals surface area contributed by atoms with Crippen LogP contribution in [0, 0.1) is 0 Å². The third-order valence-electron chi connectivity index (χ3n) is 3.76. The summed E-state index contributed by atoms with van der Waals surface area (Å²) in [6.45, 7) is -0.292. The first-order chi connectivity index (χ1) is 11.9. The van der Waals surface area contributed by atoms with Crippen molar-refractivity contribution in [3.63, 3.8) is 0 Å². The van der Waals surface area contributed by atoms with Crippen molar-refractivity contribution < 1.29 is 19.1 Å². The molecule has 0 saturated heterocycles. The van der Waals surface area contributed by atoms with Gasteiger partial charge in [0.15, 0.2) is 0 Å². The molecule has 0 bridgehead atoms. The summed E-state index contributed by atoms with van der Waals surface area (Å²) in [6, 6.07) is 8.59. The van der Waals surface area contributed by atoms with Crippen molar-refractivity contribution >= 4 is 45.7 Å². The lowest BCUT2D eigenvalue weighted by molar-refractivity contribution is 0.0914. The second-order valence-electron chi connectivity index (χ2n) is 5.25. The van der Waals surface area contributed by atoms with Gasteiger partial charge in [0.2, 0.25) is 0 Å². The van der Waals surface area contributed by atoms with Crippen LogP contribution in [-0.4, -0.2) is 41.1 Å². The summed E-state index contributed by atoms with van der Waals surface area (Å²) in [4.78, 5) is 39.5. The lowest BCUT2D eigenvalue weighted by Gasteiger charge is -2.07. The highest BCUT2D eigenvalue weighted by molar-refractivity contribution is 6.15. The normalized spacial score (nSPS) is 10.8. The molecule has 128 valence electrons. The largest absolute Gasteiger partial charge is 0.453 e. The van der Waals surface area contributed by atoms with Crippen LogP contribution in [0.25, 0.3) is 21.9 Å². The number of ether oxygens (including phenoxy) is 1. The van der Waals surface area contributed by atoms with Crippen LogP contribution < -0.4 is 16.8 Å². The summed E-state index contributed by atoms with van der Waals surface area (Å²) in [7, 11) is 1.20. The third kappa shape index (κ3) is 2.71. The Balaban J connectivity index is 2.22. The molecule has 0 unspecified atom stereocenters. The van der Waals surface area contributed by atoms with Crippen molar-refractivity contribution in [2.45, 2.75) is 0 Å². The molecule has 0 radical (unpaired) electrons. The van der Waals surface area contributed by atoms with Crippen molar-refractivity contribution in [2.75, 3.05) is 19.4 Å². The molecular weight excluding hydrogens is 326 g/mol. The number of fused-ring (bicyclic) bond motifs is 3. The number of nitrogen functional groups attached to an aromatic ring is 1. The molecule has 0 saturated carbocycles. The van der Waals surface area contributed by atoms with Gasteiger partial charge in [-0.2, -0.15) is 0 Å². The Labute approximate surface area is 141 Å². The Hall–Kier alpha value is -3.62. The number of benzene rings is 1. The van der Waals surface area contributed by atoms with Gasteiger partial charge >= 0.3 is 6.09 Å². The van der Waals surface area contributed by atoms with E-state index in [0.717, 1.165) is 0 Å². The minimum absolute atomic E-state index is 0.0715. The first kappa shape index (κ1) is 16.2. The van der Waals surface area contributed by atoms with Crippen LogP contribution in [-0.2, 0) is 4.74 Å². The van der Waals surface area contributed by atoms with E-state index in [1.165, 1.54) is 17.7 Å². The van der Waals surface area contributed by atoms with Crippen molar-refractivity contribution in [1.82, 2.24) is 14.9 Å². The second kappa shape index (κ2) is 6.11. The van der Waals surface area contributed by atoms with Gasteiger partial charge in [-0.3, -0.25) is 14.2 Å². The van der Waals surface area contributed by atoms with Crippen molar-refractivity contribution in [1.29, 1.82) is 0 Å². The summed E-state index contributed by atoms with van der Waals surface area (Å²) in [5.41, 5.74) is 12.0. The van der Waals surface area contributed by atoms with Gasteiger partial charge in [0.25, 0.3) is 11.8 Å². The number of rotatable bonds is 3. The van der Waals surface area contributed by atoms with E-state index in [-0.39, 0.29) is 23.6 Å². The Kier molecular flexibility index (Phi) is 3.97. The molecule has 0 aliphatic rings. The van der Waals surface area contributed by atoms with Gasteiger partial charge in [0.05, 0.1) is 18.2 Å². The van der Waals surface area contributed by atoms with Crippen molar-refractivity contribution in [3.8, 4) is 0 Å². The number of para-hydroxylation sites is 1. The number of carbonyl (C=O) groups excluding carboxylic acids is 3. The highest BCUT2D eigenvalue weighted by Crippen LogP contribution is 2.29. The van der Waals surface area contributed by atoms with Gasteiger partial charge in [-0.05, 0) is 12.1 Å². The fourth-order valence-electron chi connectivity index (χ4n) is 2.65. The Morgan fingerprint density at radius 3 is 2.64 bits per heavy atom. The van der Waals surface area contributed by atoms with Gasteiger partial charge in [-0.15, -0.1) is 0 Å². The predicted molar refractivity (Wildman–Crippen MR) is 91.2 cm³/mol. The SMILES string of the molecule is COC(=O)NCC(=O)n1c2ccccc2c2cc(C(N)=O)c(N)nc21. The molecule has 5 N–H and O–H groups in total. The minimum Gasteiger partial charge on any atom is -0.453 e. The summed E-state index contributed by atoms with van der Waals surface area (Å²) in [5, 5.41) is 3.60. The maximum absolute atomic E-state index is 12.6. The van der Waals surface area contributed by atoms with Gasteiger partial charge < -0.3 is 21.5 Å². The number of hydrogen-bond donors (Lipinski definition) is 3. The number of alkyl carbamates (subject to hydrolysis) is 1. The zero-order valence-corrected chi connectivity index (χ0v) is 13.3. The maximum atomic E-state index is 12.6. The highest BCUT2D eigenvalue weighted by Gasteiger charge is 2.20. The number of nitrogens with one attached hydrogen (secondary N) is 1. The van der Waals surface area contributed by atoms with Crippen LogP contribution in [0.4, 0.5) is 10.6 Å². The molecule has 3 aromatic rings. The molecule has 25 heavy (non-hydrogen) atoms. The van der Waals surface area contributed by atoms with Gasteiger partial charge in [-0.25, -0.2) is 9.78 Å². The Morgan fingerprint density at radius 2 is 1.96 bits per heavy atom. The molecule has 0 atom stereocenters. The average molecular weight is 341 g/mol. The number of pyridine rings is 1. The van der Waals surface area contributed by atoms with E-state index in [1.54, 1.807) is 24.3 Å². The van der Waals surface area contributed by atoms with Crippen LogP contribution in [0.15, 0.2) is 30.3 Å². The lowest BCUT2D eigenvalue weighted by atomic mass is 10.1. The zero-order valence-electron chi connectivity index (χ0n) is 13.3. The molecular formula is C16H15N5O4. The monoisotopic (exact) mass is 341 g/mol. The first-order valence-corrected chi connectivity index (χ1v) is 7.28. The molecule has 1 aromatic carbocycles. The molecule has 0 fully saturated rings. The van der Waals surface area contributed by atoms with Crippen LogP contribution in [0.3, 0.4) is 0 Å². The average Bonchev–Trinajstić information content (AvgIpc) is 2.91. The minimum atomic E-state index is -0.724. The summed E-state index contributed by atoms with van der Waals surface area (Å²) >= 11 is 0. The fraction of sp³-hybridized carbons (Fsp3) is 0.125. The zero-order chi connectivity index (χ0) is 18.1. The Morgan fingerprint density at radius 1 is 1.24 bits per heavy atom. The number of hydrogen-bond acceptors (Lipinski definition) is 6. The van der Waals surface area contributed by atoms with Crippen molar-refractivity contribution in [2.24, 2.45) is 5.73 Å². The predicted octanol–water partition coefficient (Wildman–Crippen LogP) is 0.867. The van der Waals surface area contributed by atoms with Crippen LogP contribution in [0.1, 0.15) is 15.2 Å². The van der Waals surface area contributed by atoms with Crippen LogP contribution in [0.5, 0.6) is 0 Å². The number of primary amides is 1. The number of nitrogens with zero attached hydrogens (tertiary/aromatic N) is 2. The fourth-order valence-corrected chi connectivity index (χ4v) is 2.65. The molecule has 2 amide bonds. The number of carbonyl (C=O) groups is 3. The molecule has 2 aromatic heterocycles. The second-order valence-corrected chi connectivity index (χ2v) is 5.25. The van der Waals surface area contributed by atoms with E-state index in [9.17, 15) is 14.4 Å². The molecule has 0 spiro atoms. The third-order valence-corrected chi connectivity index (χ3v) is 3.76. The van der Waals surface area contributed by atoms with E-state index in [1.807, 2.05) is 0 Å².